The standard InChI is InChI=1S/C13H14N4O2S/c1-10-13(8-15-16-10)20(18,19)17(2)9-12-5-3-4-11(6-12)7-14/h3-6,8H,9H2,1-2H3,(H,15,16). The normalized spacial score (nSPS) is 11.5. The summed E-state index contributed by atoms with van der Waals surface area (Å²) in [7, 11) is -2.09. The summed E-state index contributed by atoms with van der Waals surface area (Å²) < 4.78 is 26.0. The highest BCUT2D eigenvalue weighted by atomic mass is 32.2. The summed E-state index contributed by atoms with van der Waals surface area (Å²) in [5, 5.41) is 15.2. The van der Waals surface area contributed by atoms with E-state index in [1.165, 1.54) is 17.5 Å². The number of hydrogen-bond donors (Lipinski definition) is 1. The predicted molar refractivity (Wildman–Crippen MR) is 73.1 cm³/mol. The molecule has 0 bridgehead atoms. The molecule has 0 saturated heterocycles. The maximum Gasteiger partial charge on any atom is 0.246 e. The Kier molecular flexibility index (Phi) is 3.88. The van der Waals surface area contributed by atoms with E-state index in [2.05, 4.69) is 10.2 Å². The number of aryl methyl sites for hydroxylation is 1. The van der Waals surface area contributed by atoms with Crippen molar-refractivity contribution in [2.75, 3.05) is 7.05 Å². The first-order valence-electron chi connectivity index (χ1n) is 5.90. The second kappa shape index (κ2) is 5.45. The summed E-state index contributed by atoms with van der Waals surface area (Å²) in [4.78, 5) is 0.163. The molecule has 0 radical (unpaired) electrons. The second-order valence-electron chi connectivity index (χ2n) is 4.43. The monoisotopic (exact) mass is 290 g/mol. The Morgan fingerprint density at radius 3 is 2.80 bits per heavy atom. The Bertz CT molecular complexity index is 759. The third-order valence-corrected chi connectivity index (χ3v) is 4.85. The zero-order valence-corrected chi connectivity index (χ0v) is 12.0. The molecular weight excluding hydrogens is 276 g/mol. The molecule has 0 atom stereocenters. The maximum absolute atomic E-state index is 12.4. The molecule has 0 unspecified atom stereocenters. The summed E-state index contributed by atoms with van der Waals surface area (Å²) >= 11 is 0. The molecule has 2 rings (SSSR count). The van der Waals surface area contributed by atoms with Crippen molar-refractivity contribution in [3.8, 4) is 6.07 Å². The summed E-state index contributed by atoms with van der Waals surface area (Å²) in [6.45, 7) is 1.85. The average molecular weight is 290 g/mol. The number of aromatic amines is 1. The van der Waals surface area contributed by atoms with Gasteiger partial charge in [0.25, 0.3) is 0 Å². The van der Waals surface area contributed by atoms with Crippen LogP contribution in [0.25, 0.3) is 0 Å². The number of benzene rings is 1. The van der Waals surface area contributed by atoms with E-state index in [1.54, 1.807) is 31.2 Å². The third kappa shape index (κ3) is 2.71. The van der Waals surface area contributed by atoms with E-state index < -0.39 is 10.0 Å². The Morgan fingerprint density at radius 1 is 1.45 bits per heavy atom. The van der Waals surface area contributed by atoms with Crippen LogP contribution in [0, 0.1) is 18.3 Å². The van der Waals surface area contributed by atoms with Gasteiger partial charge in [0, 0.05) is 13.6 Å². The first-order chi connectivity index (χ1) is 9.45. The highest BCUT2D eigenvalue weighted by molar-refractivity contribution is 7.89. The van der Waals surface area contributed by atoms with E-state index in [9.17, 15) is 8.42 Å². The van der Waals surface area contributed by atoms with Crippen molar-refractivity contribution in [2.24, 2.45) is 0 Å². The lowest BCUT2D eigenvalue weighted by atomic mass is 10.1. The van der Waals surface area contributed by atoms with Gasteiger partial charge in [-0.3, -0.25) is 5.10 Å². The van der Waals surface area contributed by atoms with Gasteiger partial charge in [0.1, 0.15) is 4.90 Å². The van der Waals surface area contributed by atoms with Crippen LogP contribution >= 0.6 is 0 Å². The van der Waals surface area contributed by atoms with Gasteiger partial charge in [0.15, 0.2) is 0 Å². The molecule has 1 heterocycles. The van der Waals surface area contributed by atoms with Gasteiger partial charge >= 0.3 is 0 Å². The lowest BCUT2D eigenvalue weighted by molar-refractivity contribution is 0.466. The van der Waals surface area contributed by atoms with Gasteiger partial charge < -0.3 is 0 Å². The molecule has 1 N–H and O–H groups in total. The maximum atomic E-state index is 12.4. The summed E-state index contributed by atoms with van der Waals surface area (Å²) in [6, 6.07) is 8.91. The van der Waals surface area contributed by atoms with E-state index in [4.69, 9.17) is 5.26 Å². The van der Waals surface area contributed by atoms with Gasteiger partial charge in [0.05, 0.1) is 23.5 Å². The van der Waals surface area contributed by atoms with Gasteiger partial charge in [-0.2, -0.15) is 14.7 Å². The Labute approximate surface area is 117 Å². The van der Waals surface area contributed by atoms with Gasteiger partial charge in [-0.25, -0.2) is 8.42 Å². The topological polar surface area (TPSA) is 89.8 Å². The molecular formula is C13H14N4O2S. The molecule has 104 valence electrons. The molecule has 6 nitrogen and oxygen atoms in total. The molecule has 0 fully saturated rings. The van der Waals surface area contributed by atoms with Crippen LogP contribution in [0.15, 0.2) is 35.4 Å². The third-order valence-electron chi connectivity index (χ3n) is 2.93. The van der Waals surface area contributed by atoms with Crippen molar-refractivity contribution in [1.29, 1.82) is 5.26 Å². The molecule has 1 aromatic carbocycles. The molecule has 0 saturated carbocycles. The lowest BCUT2D eigenvalue weighted by Crippen LogP contribution is -2.26. The molecule has 20 heavy (non-hydrogen) atoms. The van der Waals surface area contributed by atoms with Gasteiger partial charge in [-0.1, -0.05) is 12.1 Å². The lowest BCUT2D eigenvalue weighted by Gasteiger charge is -2.16. The van der Waals surface area contributed by atoms with Crippen LogP contribution in [0.4, 0.5) is 0 Å². The Morgan fingerprint density at radius 2 is 2.20 bits per heavy atom. The van der Waals surface area contributed by atoms with Crippen LogP contribution in [0.2, 0.25) is 0 Å². The molecule has 0 aliphatic carbocycles. The van der Waals surface area contributed by atoms with E-state index in [0.717, 1.165) is 5.56 Å². The van der Waals surface area contributed by atoms with E-state index in [-0.39, 0.29) is 11.4 Å². The van der Waals surface area contributed by atoms with E-state index in [0.29, 0.717) is 11.3 Å². The van der Waals surface area contributed by atoms with E-state index in [1.807, 2.05) is 6.07 Å². The predicted octanol–water partition coefficient (Wildman–Crippen LogP) is 1.41. The number of H-pyrrole nitrogens is 1. The van der Waals surface area contributed by atoms with Crippen molar-refractivity contribution < 1.29 is 8.42 Å². The first kappa shape index (κ1) is 14.2. The average Bonchev–Trinajstić information content (AvgIpc) is 2.86. The van der Waals surface area contributed by atoms with Crippen LogP contribution in [0.5, 0.6) is 0 Å². The van der Waals surface area contributed by atoms with Crippen molar-refractivity contribution in [1.82, 2.24) is 14.5 Å². The van der Waals surface area contributed by atoms with Crippen molar-refractivity contribution >= 4 is 10.0 Å². The zero-order chi connectivity index (χ0) is 14.8. The largest absolute Gasteiger partial charge is 0.281 e. The van der Waals surface area contributed by atoms with Gasteiger partial charge in [-0.05, 0) is 24.6 Å². The van der Waals surface area contributed by atoms with Gasteiger partial charge in [0.2, 0.25) is 10.0 Å². The number of rotatable bonds is 4. The summed E-state index contributed by atoms with van der Waals surface area (Å²) in [6.07, 6.45) is 1.30. The molecule has 0 spiro atoms. The number of hydrogen-bond acceptors (Lipinski definition) is 4. The molecule has 1 aromatic heterocycles. The fourth-order valence-corrected chi connectivity index (χ4v) is 3.12. The van der Waals surface area contributed by atoms with Crippen LogP contribution in [0.1, 0.15) is 16.8 Å². The smallest absolute Gasteiger partial charge is 0.246 e. The fourth-order valence-electron chi connectivity index (χ4n) is 1.85. The van der Waals surface area contributed by atoms with Crippen molar-refractivity contribution in [3.05, 3.63) is 47.3 Å². The summed E-state index contributed by atoms with van der Waals surface area (Å²) in [5.41, 5.74) is 1.77. The Hall–Kier alpha value is -2.17. The number of nitrogens with zero attached hydrogens (tertiary/aromatic N) is 3. The first-order valence-corrected chi connectivity index (χ1v) is 7.34. The second-order valence-corrected chi connectivity index (χ2v) is 6.45. The number of nitriles is 1. The minimum absolute atomic E-state index is 0.163. The number of sulfonamides is 1. The fraction of sp³-hybridized carbons (Fsp3) is 0.231. The van der Waals surface area contributed by atoms with Crippen molar-refractivity contribution in [2.45, 2.75) is 18.4 Å². The SMILES string of the molecule is Cc1[nH]ncc1S(=O)(=O)N(C)Cc1cccc(C#N)c1. The van der Waals surface area contributed by atoms with Crippen LogP contribution in [-0.2, 0) is 16.6 Å². The highest BCUT2D eigenvalue weighted by Crippen LogP contribution is 2.18. The van der Waals surface area contributed by atoms with Crippen LogP contribution < -0.4 is 0 Å². The molecule has 2 aromatic rings. The molecule has 0 aliphatic heterocycles. The molecule has 0 aliphatic rings. The zero-order valence-electron chi connectivity index (χ0n) is 11.2. The number of nitrogens with one attached hydrogen (secondary N) is 1. The highest BCUT2D eigenvalue weighted by Gasteiger charge is 2.24. The van der Waals surface area contributed by atoms with Crippen LogP contribution in [0.3, 0.4) is 0 Å². The minimum Gasteiger partial charge on any atom is -0.281 e. The Balaban J connectivity index is 2.26. The molecule has 7 heteroatoms. The summed E-state index contributed by atoms with van der Waals surface area (Å²) in [5.74, 6) is 0. The minimum atomic E-state index is -3.59. The van der Waals surface area contributed by atoms with E-state index >= 15 is 0 Å². The van der Waals surface area contributed by atoms with Gasteiger partial charge in [-0.15, -0.1) is 0 Å². The quantitative estimate of drug-likeness (QED) is 0.921. The van der Waals surface area contributed by atoms with Crippen molar-refractivity contribution in [3.63, 3.8) is 0 Å². The number of aromatic nitrogens is 2. The van der Waals surface area contributed by atoms with Crippen LogP contribution in [-0.4, -0.2) is 30.0 Å². The molecule has 0 amide bonds.